The molecule has 0 spiro atoms. The van der Waals surface area contributed by atoms with Crippen LogP contribution in [-0.4, -0.2) is 34.9 Å². The highest BCUT2D eigenvalue weighted by Crippen LogP contribution is 2.48. The van der Waals surface area contributed by atoms with Crippen molar-refractivity contribution in [3.8, 4) is 6.07 Å². The first-order valence-corrected chi connectivity index (χ1v) is 7.34. The molecule has 0 saturated carbocycles. The van der Waals surface area contributed by atoms with Gasteiger partial charge in [0.05, 0.1) is 17.7 Å². The second-order valence-electron chi connectivity index (χ2n) is 6.45. The average Bonchev–Trinajstić information content (AvgIpc) is 2.97. The number of amides is 1. The Morgan fingerprint density at radius 1 is 1.39 bits per heavy atom. The van der Waals surface area contributed by atoms with Gasteiger partial charge in [-0.15, -0.1) is 0 Å². The van der Waals surface area contributed by atoms with E-state index in [4.69, 9.17) is 5.26 Å². The van der Waals surface area contributed by atoms with Gasteiger partial charge in [0.1, 0.15) is 11.2 Å². The van der Waals surface area contributed by atoms with Gasteiger partial charge in [0.2, 0.25) is 0 Å². The first-order valence-electron chi connectivity index (χ1n) is 7.34. The molecule has 0 aromatic heterocycles. The third-order valence-electron chi connectivity index (χ3n) is 4.84. The summed E-state index contributed by atoms with van der Waals surface area (Å²) in [6, 6.07) is 5.21. The maximum absolute atomic E-state index is 13.9. The molecule has 0 radical (unpaired) electrons. The lowest BCUT2D eigenvalue weighted by Gasteiger charge is -2.30. The fourth-order valence-corrected chi connectivity index (χ4v) is 3.31. The van der Waals surface area contributed by atoms with E-state index >= 15 is 0 Å². The quantitative estimate of drug-likeness (QED) is 0.841. The molecule has 3 rings (SSSR count). The highest BCUT2D eigenvalue weighted by molar-refractivity contribution is 5.86. The Bertz CT molecular complexity index is 710. The SMILES string of the molecule is CC(F)(F)C1(C)CN2CC[C@@H](c3cc(F)cc(C#N)c3)N2C1=O. The number of carbonyl (C=O) groups is 1. The van der Waals surface area contributed by atoms with Crippen LogP contribution < -0.4 is 0 Å². The standard InChI is InChI=1S/C16H16F3N3O/c1-15(16(2,18)19)9-21-4-3-13(22(21)14(15)23)11-5-10(8-20)6-12(17)7-11/h5-7,13H,3-4,9H2,1-2H3/t13-,15?/m0/s1. The molecule has 2 heterocycles. The number of hydrazine groups is 1. The van der Waals surface area contributed by atoms with Crippen molar-refractivity contribution >= 4 is 5.91 Å². The van der Waals surface area contributed by atoms with Gasteiger partial charge in [-0.25, -0.2) is 18.2 Å². The fourth-order valence-electron chi connectivity index (χ4n) is 3.31. The van der Waals surface area contributed by atoms with E-state index in [1.54, 1.807) is 5.01 Å². The Labute approximate surface area is 132 Å². The Kier molecular flexibility index (Phi) is 3.41. The van der Waals surface area contributed by atoms with Crippen LogP contribution in [0.1, 0.15) is 37.4 Å². The molecule has 0 aliphatic carbocycles. The van der Waals surface area contributed by atoms with Gasteiger partial charge in [0, 0.05) is 20.0 Å². The van der Waals surface area contributed by atoms with Crippen LogP contribution in [0.5, 0.6) is 0 Å². The largest absolute Gasteiger partial charge is 0.272 e. The zero-order valence-corrected chi connectivity index (χ0v) is 12.8. The maximum atomic E-state index is 13.9. The average molecular weight is 323 g/mol. The number of rotatable bonds is 2. The number of hydrogen-bond donors (Lipinski definition) is 0. The topological polar surface area (TPSA) is 47.3 Å². The third-order valence-corrected chi connectivity index (χ3v) is 4.84. The first kappa shape index (κ1) is 15.8. The second-order valence-corrected chi connectivity index (χ2v) is 6.45. The van der Waals surface area contributed by atoms with E-state index in [9.17, 15) is 18.0 Å². The van der Waals surface area contributed by atoms with Crippen molar-refractivity contribution in [2.75, 3.05) is 13.1 Å². The van der Waals surface area contributed by atoms with E-state index in [2.05, 4.69) is 0 Å². The van der Waals surface area contributed by atoms with Crippen LogP contribution in [0.2, 0.25) is 0 Å². The highest BCUT2D eigenvalue weighted by atomic mass is 19.3. The maximum Gasteiger partial charge on any atom is 0.260 e. The number of benzene rings is 1. The number of fused-ring (bicyclic) bond motifs is 1. The number of nitriles is 1. The summed E-state index contributed by atoms with van der Waals surface area (Å²) in [7, 11) is 0. The van der Waals surface area contributed by atoms with Gasteiger partial charge in [0.25, 0.3) is 11.8 Å². The molecule has 0 N–H and O–H groups in total. The fraction of sp³-hybridized carbons (Fsp3) is 0.500. The summed E-state index contributed by atoms with van der Waals surface area (Å²) in [5.74, 6) is -4.39. The summed E-state index contributed by atoms with van der Waals surface area (Å²) in [5, 5.41) is 11.9. The van der Waals surface area contributed by atoms with Crippen LogP contribution in [0.4, 0.5) is 13.2 Å². The number of carbonyl (C=O) groups excluding carboxylic acids is 1. The molecule has 4 nitrogen and oxygen atoms in total. The van der Waals surface area contributed by atoms with Crippen molar-refractivity contribution < 1.29 is 18.0 Å². The summed E-state index contributed by atoms with van der Waals surface area (Å²) in [5.41, 5.74) is -1.19. The van der Waals surface area contributed by atoms with Crippen molar-refractivity contribution in [3.63, 3.8) is 0 Å². The van der Waals surface area contributed by atoms with Crippen LogP contribution in [0.25, 0.3) is 0 Å². The molecule has 1 aromatic carbocycles. The summed E-state index contributed by atoms with van der Waals surface area (Å²) < 4.78 is 41.5. The lowest BCUT2D eigenvalue weighted by Crippen LogP contribution is -2.45. The van der Waals surface area contributed by atoms with Crippen molar-refractivity contribution in [3.05, 3.63) is 35.1 Å². The molecule has 2 fully saturated rings. The van der Waals surface area contributed by atoms with Gasteiger partial charge < -0.3 is 0 Å². The summed E-state index contributed by atoms with van der Waals surface area (Å²) >= 11 is 0. The number of alkyl halides is 2. The van der Waals surface area contributed by atoms with Crippen LogP contribution in [0, 0.1) is 22.6 Å². The Balaban J connectivity index is 1.98. The van der Waals surface area contributed by atoms with Gasteiger partial charge >= 0.3 is 0 Å². The Morgan fingerprint density at radius 2 is 2.09 bits per heavy atom. The van der Waals surface area contributed by atoms with Gasteiger partial charge in [-0.1, -0.05) is 0 Å². The smallest absolute Gasteiger partial charge is 0.260 e. The molecule has 1 unspecified atom stereocenters. The van der Waals surface area contributed by atoms with Crippen molar-refractivity contribution in [1.29, 1.82) is 5.26 Å². The molecule has 0 bridgehead atoms. The van der Waals surface area contributed by atoms with Gasteiger partial charge in [-0.05, 0) is 37.1 Å². The van der Waals surface area contributed by atoms with Crippen LogP contribution >= 0.6 is 0 Å². The molecule has 2 aliphatic heterocycles. The molecule has 2 saturated heterocycles. The molecular formula is C16H16F3N3O. The normalized spacial score (nSPS) is 28.1. The predicted molar refractivity (Wildman–Crippen MR) is 75.6 cm³/mol. The summed E-state index contributed by atoms with van der Waals surface area (Å²) in [6.07, 6.45) is 0.519. The zero-order valence-electron chi connectivity index (χ0n) is 12.8. The first-order chi connectivity index (χ1) is 10.7. The van der Waals surface area contributed by atoms with Crippen LogP contribution in [0.3, 0.4) is 0 Å². The molecule has 2 aliphatic rings. The van der Waals surface area contributed by atoms with Crippen molar-refractivity contribution in [2.24, 2.45) is 5.41 Å². The number of hydrogen-bond acceptors (Lipinski definition) is 3. The minimum absolute atomic E-state index is 0.0632. The van der Waals surface area contributed by atoms with E-state index in [1.807, 2.05) is 6.07 Å². The molecule has 23 heavy (non-hydrogen) atoms. The van der Waals surface area contributed by atoms with Gasteiger partial charge in [-0.3, -0.25) is 9.80 Å². The Hall–Kier alpha value is -2.07. The van der Waals surface area contributed by atoms with Gasteiger partial charge in [0.15, 0.2) is 0 Å². The summed E-state index contributed by atoms with van der Waals surface area (Å²) in [6.45, 7) is 2.39. The second kappa shape index (κ2) is 4.96. The Morgan fingerprint density at radius 3 is 2.70 bits per heavy atom. The lowest BCUT2D eigenvalue weighted by molar-refractivity contribution is -0.156. The molecule has 2 atom stereocenters. The number of nitrogens with zero attached hydrogens (tertiary/aromatic N) is 3. The zero-order chi connectivity index (χ0) is 17.0. The van der Waals surface area contributed by atoms with E-state index in [0.29, 0.717) is 18.5 Å². The molecule has 7 heteroatoms. The highest BCUT2D eigenvalue weighted by Gasteiger charge is 2.62. The van der Waals surface area contributed by atoms with Crippen molar-refractivity contribution in [1.82, 2.24) is 10.0 Å². The third kappa shape index (κ3) is 2.29. The minimum Gasteiger partial charge on any atom is -0.272 e. The predicted octanol–water partition coefficient (Wildman–Crippen LogP) is 2.86. The van der Waals surface area contributed by atoms with Crippen LogP contribution in [-0.2, 0) is 4.79 Å². The monoisotopic (exact) mass is 323 g/mol. The van der Waals surface area contributed by atoms with E-state index in [1.165, 1.54) is 24.1 Å². The molecule has 1 aromatic rings. The minimum atomic E-state index is -3.15. The molecule has 122 valence electrons. The van der Waals surface area contributed by atoms with Gasteiger partial charge in [-0.2, -0.15) is 5.26 Å². The number of halogens is 3. The van der Waals surface area contributed by atoms with Crippen molar-refractivity contribution in [2.45, 2.75) is 32.2 Å². The van der Waals surface area contributed by atoms with Crippen LogP contribution in [0.15, 0.2) is 18.2 Å². The van der Waals surface area contributed by atoms with E-state index in [0.717, 1.165) is 13.0 Å². The molecule has 1 amide bonds. The van der Waals surface area contributed by atoms with E-state index in [-0.39, 0.29) is 12.1 Å². The molecular weight excluding hydrogens is 307 g/mol. The van der Waals surface area contributed by atoms with E-state index < -0.39 is 29.1 Å². The lowest BCUT2D eigenvalue weighted by atomic mass is 9.83. The summed E-state index contributed by atoms with van der Waals surface area (Å²) in [4.78, 5) is 12.6.